The number of nitrogen functional groups attached to an aromatic ring is 2. The summed E-state index contributed by atoms with van der Waals surface area (Å²) in [5, 5.41) is 2.15. The average Bonchev–Trinajstić information content (AvgIpc) is 2.28. The number of benzene rings is 2. The van der Waals surface area contributed by atoms with Crippen LogP contribution in [0.15, 0.2) is 35.1 Å². The second-order valence-electron chi connectivity index (χ2n) is 3.85. The minimum Gasteiger partial charge on any atom is -0.398 e. The van der Waals surface area contributed by atoms with Crippen molar-refractivity contribution in [3.8, 4) is 0 Å². The fourth-order valence-corrected chi connectivity index (χ4v) is 2.04. The molecule has 3 aromatic rings. The van der Waals surface area contributed by atoms with E-state index in [1.807, 2.05) is 18.2 Å². The third kappa shape index (κ3) is 1.32. The molecular formula is C12H10N4O. The van der Waals surface area contributed by atoms with Gasteiger partial charge in [0.2, 0.25) is 5.95 Å². The van der Waals surface area contributed by atoms with Crippen molar-refractivity contribution in [1.82, 2.24) is 9.97 Å². The second kappa shape index (κ2) is 3.21. The minimum absolute atomic E-state index is 0.116. The SMILES string of the molecule is Nc1nc2ccc3c(N)cccc3c2c(=O)[nH]1. The van der Waals surface area contributed by atoms with Gasteiger partial charge in [-0.1, -0.05) is 18.2 Å². The molecule has 0 radical (unpaired) electrons. The Morgan fingerprint density at radius 1 is 1.06 bits per heavy atom. The van der Waals surface area contributed by atoms with Crippen LogP contribution >= 0.6 is 0 Å². The number of aromatic amines is 1. The number of hydrogen-bond donors (Lipinski definition) is 3. The normalized spacial score (nSPS) is 11.1. The molecule has 0 saturated heterocycles. The zero-order valence-corrected chi connectivity index (χ0v) is 8.90. The van der Waals surface area contributed by atoms with E-state index in [1.165, 1.54) is 0 Å². The average molecular weight is 226 g/mol. The highest BCUT2D eigenvalue weighted by molar-refractivity contribution is 6.09. The van der Waals surface area contributed by atoms with Gasteiger partial charge in [-0.25, -0.2) is 4.98 Å². The van der Waals surface area contributed by atoms with E-state index < -0.39 is 0 Å². The van der Waals surface area contributed by atoms with Crippen molar-refractivity contribution in [2.24, 2.45) is 0 Å². The lowest BCUT2D eigenvalue weighted by atomic mass is 10.0. The predicted molar refractivity (Wildman–Crippen MR) is 68.7 cm³/mol. The summed E-state index contributed by atoms with van der Waals surface area (Å²) in [6, 6.07) is 9.06. The Labute approximate surface area is 96.1 Å². The topological polar surface area (TPSA) is 97.8 Å². The lowest BCUT2D eigenvalue weighted by Gasteiger charge is -2.05. The zero-order valence-electron chi connectivity index (χ0n) is 8.90. The van der Waals surface area contributed by atoms with Gasteiger partial charge in [0.25, 0.3) is 5.56 Å². The van der Waals surface area contributed by atoms with Gasteiger partial charge >= 0.3 is 0 Å². The number of hydrogen-bond acceptors (Lipinski definition) is 4. The van der Waals surface area contributed by atoms with Crippen molar-refractivity contribution < 1.29 is 0 Å². The van der Waals surface area contributed by atoms with Crippen LogP contribution in [0, 0.1) is 0 Å². The molecule has 0 fully saturated rings. The molecule has 0 bridgehead atoms. The summed E-state index contributed by atoms with van der Waals surface area (Å²) >= 11 is 0. The van der Waals surface area contributed by atoms with Crippen LogP contribution in [-0.4, -0.2) is 9.97 Å². The van der Waals surface area contributed by atoms with Gasteiger partial charge in [-0.15, -0.1) is 0 Å². The summed E-state index contributed by atoms with van der Waals surface area (Å²) in [6.07, 6.45) is 0. The van der Waals surface area contributed by atoms with Crippen molar-refractivity contribution in [2.75, 3.05) is 11.5 Å². The summed E-state index contributed by atoms with van der Waals surface area (Å²) in [4.78, 5) is 18.5. The molecule has 17 heavy (non-hydrogen) atoms. The first kappa shape index (κ1) is 9.65. The summed E-state index contributed by atoms with van der Waals surface area (Å²) in [5.74, 6) is 0.116. The number of rotatable bonds is 0. The van der Waals surface area contributed by atoms with E-state index in [9.17, 15) is 4.79 Å². The van der Waals surface area contributed by atoms with Crippen LogP contribution in [-0.2, 0) is 0 Å². The highest BCUT2D eigenvalue weighted by atomic mass is 16.1. The third-order valence-electron chi connectivity index (χ3n) is 2.78. The molecule has 5 N–H and O–H groups in total. The van der Waals surface area contributed by atoms with Gasteiger partial charge in [-0.05, 0) is 17.5 Å². The van der Waals surface area contributed by atoms with Crippen molar-refractivity contribution in [3.05, 3.63) is 40.7 Å². The number of anilines is 2. The van der Waals surface area contributed by atoms with Crippen LogP contribution in [0.3, 0.4) is 0 Å². The molecule has 0 aliphatic rings. The molecule has 3 rings (SSSR count). The fraction of sp³-hybridized carbons (Fsp3) is 0. The predicted octanol–water partition coefficient (Wildman–Crippen LogP) is 1.24. The zero-order chi connectivity index (χ0) is 12.0. The first-order chi connectivity index (χ1) is 8.16. The van der Waals surface area contributed by atoms with Gasteiger partial charge in [0.15, 0.2) is 0 Å². The van der Waals surface area contributed by atoms with E-state index in [-0.39, 0.29) is 11.5 Å². The first-order valence-electron chi connectivity index (χ1n) is 5.13. The maximum Gasteiger partial charge on any atom is 0.260 e. The number of fused-ring (bicyclic) bond motifs is 3. The van der Waals surface area contributed by atoms with Crippen LogP contribution in [0.1, 0.15) is 0 Å². The van der Waals surface area contributed by atoms with Crippen molar-refractivity contribution in [1.29, 1.82) is 0 Å². The Morgan fingerprint density at radius 2 is 1.88 bits per heavy atom. The third-order valence-corrected chi connectivity index (χ3v) is 2.78. The van der Waals surface area contributed by atoms with Gasteiger partial charge in [-0.2, -0.15) is 0 Å². The van der Waals surface area contributed by atoms with Crippen LogP contribution < -0.4 is 17.0 Å². The standard InChI is InChI=1S/C12H10N4O/c13-8-3-1-2-7-6(8)4-5-9-10(7)11(17)16-12(14)15-9/h1-5H,13H2,(H3,14,15,16,17). The Bertz CT molecular complexity index is 791. The molecule has 0 aliphatic heterocycles. The largest absolute Gasteiger partial charge is 0.398 e. The smallest absolute Gasteiger partial charge is 0.260 e. The van der Waals surface area contributed by atoms with Crippen molar-refractivity contribution >= 4 is 33.3 Å². The van der Waals surface area contributed by atoms with E-state index in [4.69, 9.17) is 11.5 Å². The molecule has 0 amide bonds. The molecule has 0 aliphatic carbocycles. The van der Waals surface area contributed by atoms with Gasteiger partial charge in [0.1, 0.15) is 0 Å². The maximum atomic E-state index is 11.9. The Morgan fingerprint density at radius 3 is 2.71 bits per heavy atom. The monoisotopic (exact) mass is 226 g/mol. The Balaban J connectivity index is 2.65. The van der Waals surface area contributed by atoms with E-state index >= 15 is 0 Å². The van der Waals surface area contributed by atoms with Crippen LogP contribution in [0.2, 0.25) is 0 Å². The summed E-state index contributed by atoms with van der Waals surface area (Å²) in [5.41, 5.74) is 12.3. The Kier molecular flexibility index (Phi) is 1.82. The molecular weight excluding hydrogens is 216 g/mol. The number of nitrogens with one attached hydrogen (secondary N) is 1. The van der Waals surface area contributed by atoms with Crippen LogP contribution in [0.25, 0.3) is 21.7 Å². The molecule has 1 aromatic heterocycles. The molecule has 1 heterocycles. The Hall–Kier alpha value is -2.56. The maximum absolute atomic E-state index is 11.9. The number of nitrogens with zero attached hydrogens (tertiary/aromatic N) is 1. The van der Waals surface area contributed by atoms with Crippen LogP contribution in [0.5, 0.6) is 0 Å². The van der Waals surface area contributed by atoms with E-state index in [2.05, 4.69) is 9.97 Å². The van der Waals surface area contributed by atoms with E-state index in [0.29, 0.717) is 16.6 Å². The van der Waals surface area contributed by atoms with Crippen molar-refractivity contribution in [3.63, 3.8) is 0 Å². The summed E-state index contributed by atoms with van der Waals surface area (Å²) < 4.78 is 0. The number of nitrogens with two attached hydrogens (primary N) is 2. The summed E-state index contributed by atoms with van der Waals surface area (Å²) in [6.45, 7) is 0. The molecule has 0 spiro atoms. The van der Waals surface area contributed by atoms with Crippen molar-refractivity contribution in [2.45, 2.75) is 0 Å². The quantitative estimate of drug-likeness (QED) is 0.396. The molecule has 0 saturated carbocycles. The molecule has 84 valence electrons. The van der Waals surface area contributed by atoms with Gasteiger partial charge in [-0.3, -0.25) is 9.78 Å². The molecule has 5 nitrogen and oxygen atoms in total. The first-order valence-corrected chi connectivity index (χ1v) is 5.13. The highest BCUT2D eigenvalue weighted by Crippen LogP contribution is 2.25. The molecule has 5 heteroatoms. The van der Waals surface area contributed by atoms with E-state index in [0.717, 1.165) is 10.8 Å². The molecule has 2 aromatic carbocycles. The minimum atomic E-state index is -0.247. The lowest BCUT2D eigenvalue weighted by molar-refractivity contribution is 1.19. The summed E-state index contributed by atoms with van der Waals surface area (Å²) in [7, 11) is 0. The molecule has 0 atom stereocenters. The molecule has 0 unspecified atom stereocenters. The second-order valence-corrected chi connectivity index (χ2v) is 3.85. The highest BCUT2D eigenvalue weighted by Gasteiger charge is 2.07. The van der Waals surface area contributed by atoms with Crippen LogP contribution in [0.4, 0.5) is 11.6 Å². The van der Waals surface area contributed by atoms with Gasteiger partial charge in [0.05, 0.1) is 10.9 Å². The van der Waals surface area contributed by atoms with E-state index in [1.54, 1.807) is 12.1 Å². The fourth-order valence-electron chi connectivity index (χ4n) is 2.04. The lowest BCUT2D eigenvalue weighted by Crippen LogP contribution is -2.11. The van der Waals surface area contributed by atoms with Gasteiger partial charge < -0.3 is 11.5 Å². The number of H-pyrrole nitrogens is 1. The number of aromatic nitrogens is 2. The van der Waals surface area contributed by atoms with Gasteiger partial charge in [0, 0.05) is 11.1 Å².